The molecule has 18 heavy (non-hydrogen) atoms. The Hall–Kier alpha value is -1.32. The van der Waals surface area contributed by atoms with E-state index >= 15 is 0 Å². The molecule has 1 aromatic rings. The molecule has 1 amide bonds. The monoisotopic (exact) mass is 247 g/mol. The number of amides is 1. The summed E-state index contributed by atoms with van der Waals surface area (Å²) in [5, 5.41) is 3.13. The molecule has 0 spiro atoms. The van der Waals surface area contributed by atoms with Crippen molar-refractivity contribution in [3.63, 3.8) is 0 Å². The quantitative estimate of drug-likeness (QED) is 0.808. The average Bonchev–Trinajstić information content (AvgIpc) is 3.02. The zero-order chi connectivity index (χ0) is 12.4. The van der Waals surface area contributed by atoms with Crippen molar-refractivity contribution in [3.8, 4) is 0 Å². The van der Waals surface area contributed by atoms with Crippen molar-refractivity contribution in [2.45, 2.75) is 44.9 Å². The van der Waals surface area contributed by atoms with E-state index in [1.807, 2.05) is 0 Å². The molecule has 2 saturated carbocycles. The van der Waals surface area contributed by atoms with Crippen LogP contribution in [0.5, 0.6) is 0 Å². The molecular weight excluding hydrogens is 226 g/mol. The Morgan fingerprint density at radius 2 is 2.33 bits per heavy atom. The second-order valence-corrected chi connectivity index (χ2v) is 5.80. The largest absolute Gasteiger partial charge is 0.356 e. The highest BCUT2D eigenvalue weighted by atomic mass is 16.1. The number of nitrogens with zero attached hydrogens (tertiary/aromatic N) is 1. The number of aromatic amines is 1. The van der Waals surface area contributed by atoms with E-state index in [9.17, 15) is 4.79 Å². The smallest absolute Gasteiger partial charge is 0.220 e. The van der Waals surface area contributed by atoms with Crippen LogP contribution in [0.4, 0.5) is 0 Å². The van der Waals surface area contributed by atoms with Gasteiger partial charge in [-0.25, -0.2) is 4.98 Å². The lowest BCUT2D eigenvalue weighted by atomic mass is 9.65. The Bertz CT molecular complexity index is 405. The van der Waals surface area contributed by atoms with Crippen LogP contribution >= 0.6 is 0 Å². The molecule has 0 atom stereocenters. The highest BCUT2D eigenvalue weighted by molar-refractivity contribution is 5.76. The van der Waals surface area contributed by atoms with Crippen LogP contribution in [0.1, 0.15) is 44.3 Å². The van der Waals surface area contributed by atoms with Gasteiger partial charge in [0.05, 0.1) is 0 Å². The van der Waals surface area contributed by atoms with E-state index in [-0.39, 0.29) is 5.91 Å². The number of imidazole rings is 1. The minimum absolute atomic E-state index is 0.165. The van der Waals surface area contributed by atoms with Gasteiger partial charge in [0.25, 0.3) is 0 Å². The molecule has 2 aliphatic rings. The first-order valence-corrected chi connectivity index (χ1v) is 7.03. The molecule has 0 aromatic carbocycles. The number of carbonyl (C=O) groups excluding carboxylic acids is 1. The van der Waals surface area contributed by atoms with Gasteiger partial charge in [-0.2, -0.15) is 0 Å². The van der Waals surface area contributed by atoms with Gasteiger partial charge >= 0.3 is 0 Å². The predicted molar refractivity (Wildman–Crippen MR) is 68.9 cm³/mol. The molecule has 2 aliphatic carbocycles. The number of aromatic nitrogens is 2. The fraction of sp³-hybridized carbons (Fsp3) is 0.714. The van der Waals surface area contributed by atoms with Crippen molar-refractivity contribution in [1.82, 2.24) is 15.3 Å². The standard InChI is InChI=1S/C14H21N3O/c18-13(5-4-12-15-8-9-16-12)17-10-14(6-1-7-14)11-2-3-11/h8-9,11H,1-7,10H2,(H,15,16)(H,17,18). The van der Waals surface area contributed by atoms with E-state index in [2.05, 4.69) is 15.3 Å². The second kappa shape index (κ2) is 4.75. The molecule has 98 valence electrons. The minimum atomic E-state index is 0.165. The van der Waals surface area contributed by atoms with Gasteiger partial charge in [0, 0.05) is 31.8 Å². The van der Waals surface area contributed by atoms with Gasteiger partial charge < -0.3 is 10.3 Å². The Labute approximate surface area is 108 Å². The molecule has 1 aromatic heterocycles. The summed E-state index contributed by atoms with van der Waals surface area (Å²) in [5.74, 6) is 1.96. The van der Waals surface area contributed by atoms with E-state index in [1.54, 1.807) is 12.4 Å². The molecule has 0 saturated heterocycles. The third-order valence-electron chi connectivity index (χ3n) is 4.57. The second-order valence-electron chi connectivity index (χ2n) is 5.80. The van der Waals surface area contributed by atoms with Gasteiger partial charge in [-0.1, -0.05) is 6.42 Å². The molecule has 2 N–H and O–H groups in total. The van der Waals surface area contributed by atoms with E-state index < -0.39 is 0 Å². The van der Waals surface area contributed by atoms with Gasteiger partial charge in [-0.3, -0.25) is 4.79 Å². The lowest BCUT2D eigenvalue weighted by Gasteiger charge is -2.42. The summed E-state index contributed by atoms with van der Waals surface area (Å²) in [6.07, 6.45) is 11.5. The first-order valence-electron chi connectivity index (χ1n) is 7.03. The van der Waals surface area contributed by atoms with Crippen molar-refractivity contribution in [2.24, 2.45) is 11.3 Å². The summed E-state index contributed by atoms with van der Waals surface area (Å²) in [6, 6.07) is 0. The van der Waals surface area contributed by atoms with Gasteiger partial charge in [0.1, 0.15) is 5.82 Å². The number of rotatable bonds is 6. The fourth-order valence-electron chi connectivity index (χ4n) is 3.09. The molecule has 1 heterocycles. The molecule has 2 fully saturated rings. The van der Waals surface area contributed by atoms with Crippen LogP contribution in [-0.4, -0.2) is 22.4 Å². The lowest BCUT2D eigenvalue weighted by molar-refractivity contribution is -0.122. The van der Waals surface area contributed by atoms with E-state index in [0.29, 0.717) is 18.3 Å². The van der Waals surface area contributed by atoms with Gasteiger partial charge in [0.15, 0.2) is 0 Å². The van der Waals surface area contributed by atoms with Crippen LogP contribution in [0.2, 0.25) is 0 Å². The zero-order valence-corrected chi connectivity index (χ0v) is 10.7. The zero-order valence-electron chi connectivity index (χ0n) is 10.7. The van der Waals surface area contributed by atoms with E-state index in [4.69, 9.17) is 0 Å². The molecule has 3 rings (SSSR count). The molecule has 4 nitrogen and oxygen atoms in total. The third kappa shape index (κ3) is 2.42. The van der Waals surface area contributed by atoms with Crippen molar-refractivity contribution >= 4 is 5.91 Å². The summed E-state index contributed by atoms with van der Waals surface area (Å²) in [5.41, 5.74) is 0.473. The van der Waals surface area contributed by atoms with Crippen LogP contribution in [0.25, 0.3) is 0 Å². The SMILES string of the molecule is O=C(CCc1ncc[nH]1)NCC1(C2CC2)CCC1. The van der Waals surface area contributed by atoms with E-state index in [1.165, 1.54) is 32.1 Å². The van der Waals surface area contributed by atoms with Gasteiger partial charge in [-0.15, -0.1) is 0 Å². The minimum Gasteiger partial charge on any atom is -0.356 e. The molecule has 4 heteroatoms. The maximum atomic E-state index is 11.8. The Kier molecular flexibility index (Phi) is 3.10. The maximum Gasteiger partial charge on any atom is 0.220 e. The van der Waals surface area contributed by atoms with Crippen molar-refractivity contribution in [2.75, 3.05) is 6.54 Å². The topological polar surface area (TPSA) is 57.8 Å². The summed E-state index contributed by atoms with van der Waals surface area (Å²) in [4.78, 5) is 19.0. The maximum absolute atomic E-state index is 11.8. The Balaban J connectivity index is 1.41. The van der Waals surface area contributed by atoms with Gasteiger partial charge in [-0.05, 0) is 37.0 Å². The molecule has 0 aliphatic heterocycles. The summed E-state index contributed by atoms with van der Waals surface area (Å²) in [6.45, 7) is 0.897. The lowest BCUT2D eigenvalue weighted by Crippen LogP contribution is -2.43. The molecular formula is C14H21N3O. The van der Waals surface area contributed by atoms with Crippen molar-refractivity contribution in [3.05, 3.63) is 18.2 Å². The number of carbonyl (C=O) groups is 1. The highest BCUT2D eigenvalue weighted by Gasteiger charge is 2.48. The van der Waals surface area contributed by atoms with Gasteiger partial charge in [0.2, 0.25) is 5.91 Å². The average molecular weight is 247 g/mol. The number of H-pyrrole nitrogens is 1. The molecule has 0 radical (unpaired) electrons. The predicted octanol–water partition coefficient (Wildman–Crippen LogP) is 2.04. The van der Waals surface area contributed by atoms with Crippen molar-refractivity contribution < 1.29 is 4.79 Å². The highest BCUT2D eigenvalue weighted by Crippen LogP contribution is 2.56. The number of nitrogens with one attached hydrogen (secondary N) is 2. The van der Waals surface area contributed by atoms with Crippen LogP contribution in [0.3, 0.4) is 0 Å². The van der Waals surface area contributed by atoms with Crippen LogP contribution < -0.4 is 5.32 Å². The Morgan fingerprint density at radius 3 is 2.89 bits per heavy atom. The van der Waals surface area contributed by atoms with Crippen molar-refractivity contribution in [1.29, 1.82) is 0 Å². The number of hydrogen-bond acceptors (Lipinski definition) is 2. The van der Waals surface area contributed by atoms with Crippen LogP contribution in [-0.2, 0) is 11.2 Å². The molecule has 0 bridgehead atoms. The number of hydrogen-bond donors (Lipinski definition) is 2. The fourth-order valence-corrected chi connectivity index (χ4v) is 3.09. The summed E-state index contributed by atoms with van der Waals surface area (Å²) in [7, 11) is 0. The van der Waals surface area contributed by atoms with Crippen LogP contribution in [0.15, 0.2) is 12.4 Å². The molecule has 0 unspecified atom stereocenters. The third-order valence-corrected chi connectivity index (χ3v) is 4.57. The number of aryl methyl sites for hydroxylation is 1. The first-order chi connectivity index (χ1) is 8.78. The summed E-state index contributed by atoms with van der Waals surface area (Å²) < 4.78 is 0. The van der Waals surface area contributed by atoms with Crippen LogP contribution in [0, 0.1) is 11.3 Å². The first kappa shape index (κ1) is 11.8. The van der Waals surface area contributed by atoms with E-state index in [0.717, 1.165) is 18.3 Å². The Morgan fingerprint density at radius 1 is 1.50 bits per heavy atom. The normalized spacial score (nSPS) is 21.3. The summed E-state index contributed by atoms with van der Waals surface area (Å²) >= 11 is 0.